The molecule has 0 spiro atoms. The molecule has 1 aromatic carbocycles. The van der Waals surface area contributed by atoms with Crippen LogP contribution in [0.15, 0.2) is 39.9 Å². The zero-order valence-electron chi connectivity index (χ0n) is 16.9. The van der Waals surface area contributed by atoms with E-state index in [1.165, 1.54) is 5.56 Å². The highest BCUT2D eigenvalue weighted by atomic mass is 127. The third kappa shape index (κ3) is 5.78. The molecule has 8 nitrogen and oxygen atoms in total. The molecular weight excluding hydrogens is 487 g/mol. The Morgan fingerprint density at radius 3 is 2.55 bits per heavy atom. The molecular formula is C20H27IN4O4. The van der Waals surface area contributed by atoms with E-state index >= 15 is 0 Å². The zero-order valence-corrected chi connectivity index (χ0v) is 19.2. The largest absolute Gasteiger partial charge is 0.493 e. The number of nitrogens with one attached hydrogen (secondary N) is 2. The van der Waals surface area contributed by atoms with Crippen molar-refractivity contribution >= 4 is 35.8 Å². The highest BCUT2D eigenvalue weighted by molar-refractivity contribution is 14.0. The van der Waals surface area contributed by atoms with Crippen molar-refractivity contribution in [3.05, 3.63) is 47.4 Å². The molecule has 1 aliphatic heterocycles. The van der Waals surface area contributed by atoms with Gasteiger partial charge in [-0.2, -0.15) is 0 Å². The summed E-state index contributed by atoms with van der Waals surface area (Å²) in [6.07, 6.45) is 2.45. The first-order valence-corrected chi connectivity index (χ1v) is 9.13. The molecule has 0 radical (unpaired) electrons. The third-order valence-corrected chi connectivity index (χ3v) is 4.68. The van der Waals surface area contributed by atoms with Crippen molar-refractivity contribution in [2.45, 2.75) is 19.5 Å². The van der Waals surface area contributed by atoms with Crippen molar-refractivity contribution in [3.63, 3.8) is 0 Å². The molecule has 9 heteroatoms. The lowest BCUT2D eigenvalue weighted by Crippen LogP contribution is -2.47. The number of carbonyl (C=O) groups excluding carboxylic acids is 1. The average Bonchev–Trinajstić information content (AvgIpc) is 3.25. The fourth-order valence-electron chi connectivity index (χ4n) is 3.22. The van der Waals surface area contributed by atoms with Crippen LogP contribution in [0.5, 0.6) is 11.5 Å². The van der Waals surface area contributed by atoms with Crippen LogP contribution in [0, 0.1) is 0 Å². The average molecular weight is 514 g/mol. The minimum absolute atomic E-state index is 0. The molecule has 158 valence electrons. The van der Waals surface area contributed by atoms with Gasteiger partial charge in [-0.3, -0.25) is 9.79 Å². The van der Waals surface area contributed by atoms with Gasteiger partial charge in [-0.15, -0.1) is 24.0 Å². The van der Waals surface area contributed by atoms with E-state index < -0.39 is 0 Å². The number of carbonyl (C=O) groups is 1. The Morgan fingerprint density at radius 1 is 1.21 bits per heavy atom. The standard InChI is InChI=1S/C20H26N4O4.HI/c1-21-20(23-12-19(25)22-11-16-5-4-8-28-16)24-7-6-14-9-17(26-2)18(27-3)10-15(14)13-24;/h4-5,8-10H,6-7,11-13H2,1-3H3,(H,21,23)(H,22,25);1H. The Bertz CT molecular complexity index is 839. The topological polar surface area (TPSA) is 88.3 Å². The number of nitrogens with zero attached hydrogens (tertiary/aromatic N) is 2. The number of hydrogen-bond donors (Lipinski definition) is 2. The van der Waals surface area contributed by atoms with E-state index in [9.17, 15) is 4.79 Å². The first kappa shape index (κ1) is 22.9. The molecule has 2 N–H and O–H groups in total. The summed E-state index contributed by atoms with van der Waals surface area (Å²) >= 11 is 0. The SMILES string of the molecule is CN=C(NCC(=O)NCc1ccco1)N1CCc2cc(OC)c(OC)cc2C1.I. The van der Waals surface area contributed by atoms with Crippen molar-refractivity contribution in [2.75, 3.05) is 34.4 Å². The van der Waals surface area contributed by atoms with Crippen molar-refractivity contribution < 1.29 is 18.7 Å². The molecule has 0 saturated carbocycles. The number of amides is 1. The zero-order chi connectivity index (χ0) is 19.9. The van der Waals surface area contributed by atoms with Crippen molar-refractivity contribution in [1.82, 2.24) is 15.5 Å². The van der Waals surface area contributed by atoms with Crippen molar-refractivity contribution in [2.24, 2.45) is 4.99 Å². The van der Waals surface area contributed by atoms with Gasteiger partial charge in [0.1, 0.15) is 5.76 Å². The lowest BCUT2D eigenvalue weighted by molar-refractivity contribution is -0.120. The number of methoxy groups -OCH3 is 2. The molecule has 1 amide bonds. The minimum atomic E-state index is -0.124. The number of rotatable bonds is 6. The van der Waals surface area contributed by atoms with Gasteiger partial charge in [0.05, 0.1) is 33.6 Å². The van der Waals surface area contributed by atoms with Crippen LogP contribution >= 0.6 is 24.0 Å². The number of ether oxygens (including phenoxy) is 2. The van der Waals surface area contributed by atoms with E-state index in [1.807, 2.05) is 18.2 Å². The number of aliphatic imine (C=N–C) groups is 1. The molecule has 2 aromatic rings. The molecule has 1 aliphatic rings. The number of benzene rings is 1. The molecule has 1 aromatic heterocycles. The van der Waals surface area contributed by atoms with Gasteiger partial charge >= 0.3 is 0 Å². The Labute approximate surface area is 187 Å². The summed E-state index contributed by atoms with van der Waals surface area (Å²) in [4.78, 5) is 18.5. The summed E-state index contributed by atoms with van der Waals surface area (Å²) in [5, 5.41) is 5.94. The van der Waals surface area contributed by atoms with Crippen LogP contribution in [0.4, 0.5) is 0 Å². The number of guanidine groups is 1. The Hall–Kier alpha value is -2.43. The summed E-state index contributed by atoms with van der Waals surface area (Å²) < 4.78 is 16.0. The summed E-state index contributed by atoms with van der Waals surface area (Å²) in [5.41, 5.74) is 2.40. The lowest BCUT2D eigenvalue weighted by Gasteiger charge is -2.32. The Balaban J connectivity index is 0.00000300. The quantitative estimate of drug-likeness (QED) is 0.349. The molecule has 3 rings (SSSR count). The van der Waals surface area contributed by atoms with E-state index in [-0.39, 0.29) is 36.4 Å². The number of fused-ring (bicyclic) bond motifs is 1. The molecule has 0 aliphatic carbocycles. The van der Waals surface area contributed by atoms with Crippen molar-refractivity contribution in [1.29, 1.82) is 0 Å². The second-order valence-corrected chi connectivity index (χ2v) is 6.40. The molecule has 0 atom stereocenters. The predicted octanol–water partition coefficient (Wildman–Crippen LogP) is 2.16. The van der Waals surface area contributed by atoms with Gasteiger partial charge in [0.25, 0.3) is 0 Å². The van der Waals surface area contributed by atoms with Gasteiger partial charge in [0.2, 0.25) is 5.91 Å². The van der Waals surface area contributed by atoms with Gasteiger partial charge in [0.15, 0.2) is 17.5 Å². The van der Waals surface area contributed by atoms with E-state index in [0.717, 1.165) is 30.0 Å². The van der Waals surface area contributed by atoms with E-state index in [1.54, 1.807) is 33.6 Å². The second kappa shape index (κ2) is 10.9. The first-order chi connectivity index (χ1) is 13.6. The van der Waals surface area contributed by atoms with Crippen LogP contribution < -0.4 is 20.1 Å². The molecule has 2 heterocycles. The normalized spacial score (nSPS) is 13.2. The van der Waals surface area contributed by atoms with Crippen LogP contribution in [0.25, 0.3) is 0 Å². The summed E-state index contributed by atoms with van der Waals surface area (Å²) in [5.74, 6) is 2.73. The highest BCUT2D eigenvalue weighted by Crippen LogP contribution is 2.33. The van der Waals surface area contributed by atoms with E-state index in [0.29, 0.717) is 24.8 Å². The third-order valence-electron chi connectivity index (χ3n) is 4.68. The molecule has 0 fully saturated rings. The van der Waals surface area contributed by atoms with E-state index in [4.69, 9.17) is 13.9 Å². The first-order valence-electron chi connectivity index (χ1n) is 9.13. The fourth-order valence-corrected chi connectivity index (χ4v) is 3.22. The van der Waals surface area contributed by atoms with Gasteiger partial charge < -0.3 is 29.4 Å². The maximum absolute atomic E-state index is 12.1. The maximum Gasteiger partial charge on any atom is 0.239 e. The number of furan rings is 1. The lowest BCUT2D eigenvalue weighted by atomic mass is 9.99. The fraction of sp³-hybridized carbons (Fsp3) is 0.400. The summed E-state index contributed by atoms with van der Waals surface area (Å²) in [6.45, 7) is 1.99. The molecule has 0 bridgehead atoms. The van der Waals surface area contributed by atoms with Crippen LogP contribution in [0.1, 0.15) is 16.9 Å². The van der Waals surface area contributed by atoms with Gasteiger partial charge in [-0.25, -0.2) is 0 Å². The maximum atomic E-state index is 12.1. The van der Waals surface area contributed by atoms with Gasteiger partial charge in [-0.1, -0.05) is 0 Å². The van der Waals surface area contributed by atoms with Crippen LogP contribution in [0.3, 0.4) is 0 Å². The summed E-state index contributed by atoms with van der Waals surface area (Å²) in [6, 6.07) is 7.65. The smallest absolute Gasteiger partial charge is 0.239 e. The summed E-state index contributed by atoms with van der Waals surface area (Å²) in [7, 11) is 4.99. The van der Waals surface area contributed by atoms with Crippen LogP contribution in [0.2, 0.25) is 0 Å². The van der Waals surface area contributed by atoms with Gasteiger partial charge in [-0.05, 0) is 41.8 Å². The van der Waals surface area contributed by atoms with Crippen molar-refractivity contribution in [3.8, 4) is 11.5 Å². The number of halogens is 1. The molecule has 29 heavy (non-hydrogen) atoms. The molecule has 0 unspecified atom stereocenters. The van der Waals surface area contributed by atoms with E-state index in [2.05, 4.69) is 20.5 Å². The minimum Gasteiger partial charge on any atom is -0.493 e. The monoisotopic (exact) mass is 514 g/mol. The Morgan fingerprint density at radius 2 is 1.93 bits per heavy atom. The Kier molecular flexibility index (Phi) is 8.62. The second-order valence-electron chi connectivity index (χ2n) is 6.40. The number of hydrogen-bond acceptors (Lipinski definition) is 5. The van der Waals surface area contributed by atoms with Gasteiger partial charge in [0, 0.05) is 20.1 Å². The highest BCUT2D eigenvalue weighted by Gasteiger charge is 2.22. The molecule has 0 saturated heterocycles. The predicted molar refractivity (Wildman–Crippen MR) is 121 cm³/mol. The van der Waals surface area contributed by atoms with Crippen LogP contribution in [-0.2, 0) is 24.3 Å². The van der Waals surface area contributed by atoms with Crippen LogP contribution in [-0.4, -0.2) is 51.1 Å².